The molecule has 13 heavy (non-hydrogen) atoms. The highest BCUT2D eigenvalue weighted by Crippen LogP contribution is 2.31. The van der Waals surface area contributed by atoms with Crippen molar-refractivity contribution >= 4 is 5.78 Å². The van der Waals surface area contributed by atoms with E-state index in [1.165, 1.54) is 5.57 Å². The molecule has 0 aliphatic heterocycles. The fraction of sp³-hybridized carbons (Fsp3) is 0.583. The van der Waals surface area contributed by atoms with Gasteiger partial charge in [0.1, 0.15) is 0 Å². The lowest BCUT2D eigenvalue weighted by Gasteiger charge is -2.23. The average molecular weight is 178 g/mol. The lowest BCUT2D eigenvalue weighted by atomic mass is 9.80. The van der Waals surface area contributed by atoms with Crippen LogP contribution in [0.1, 0.15) is 40.0 Å². The molecule has 1 aliphatic carbocycles. The second-order valence-electron chi connectivity index (χ2n) is 4.19. The first kappa shape index (κ1) is 10.2. The van der Waals surface area contributed by atoms with Crippen LogP contribution in [0.2, 0.25) is 0 Å². The third-order valence-corrected chi connectivity index (χ3v) is 2.81. The van der Waals surface area contributed by atoms with Crippen molar-refractivity contribution in [2.75, 3.05) is 0 Å². The molecule has 0 radical (unpaired) electrons. The highest BCUT2D eigenvalue weighted by molar-refractivity contribution is 5.97. The quantitative estimate of drug-likeness (QED) is 0.445. The first-order chi connectivity index (χ1) is 6.02. The molecule has 0 aromatic carbocycles. The van der Waals surface area contributed by atoms with E-state index in [-0.39, 0.29) is 0 Å². The summed E-state index contributed by atoms with van der Waals surface area (Å²) in [6.07, 6.45) is 2.72. The molecule has 1 fully saturated rings. The number of carbonyl (C=O) groups is 1. The van der Waals surface area contributed by atoms with E-state index >= 15 is 0 Å². The Bertz CT molecular complexity index is 267. The molecule has 0 N–H and O–H groups in total. The highest BCUT2D eigenvalue weighted by Gasteiger charge is 2.24. The molecular formula is C12H18O. The van der Waals surface area contributed by atoms with Gasteiger partial charge in [-0.3, -0.25) is 4.79 Å². The van der Waals surface area contributed by atoms with Crippen LogP contribution in [0.3, 0.4) is 0 Å². The third-order valence-electron chi connectivity index (χ3n) is 2.81. The van der Waals surface area contributed by atoms with E-state index in [2.05, 4.69) is 6.58 Å². The molecule has 72 valence electrons. The Balaban J connectivity index is 2.74. The summed E-state index contributed by atoms with van der Waals surface area (Å²) in [6.45, 7) is 9.98. The number of hydrogen-bond acceptors (Lipinski definition) is 1. The van der Waals surface area contributed by atoms with Gasteiger partial charge in [0.25, 0.3) is 0 Å². The predicted octanol–water partition coefficient (Wildman–Crippen LogP) is 3.27. The van der Waals surface area contributed by atoms with Gasteiger partial charge in [0.15, 0.2) is 5.78 Å². The summed E-state index contributed by atoms with van der Waals surface area (Å²) in [5, 5.41) is 0. The second-order valence-corrected chi connectivity index (χ2v) is 4.19. The maximum Gasteiger partial charge on any atom is 0.159 e. The van der Waals surface area contributed by atoms with Crippen LogP contribution in [0.15, 0.2) is 23.3 Å². The maximum atomic E-state index is 11.7. The topological polar surface area (TPSA) is 17.1 Å². The first-order valence-electron chi connectivity index (χ1n) is 4.87. The molecule has 0 saturated heterocycles. The number of hydrogen-bond donors (Lipinski definition) is 0. The zero-order valence-electron chi connectivity index (χ0n) is 8.81. The minimum absolute atomic E-state index is 0.333. The van der Waals surface area contributed by atoms with Crippen molar-refractivity contribution in [3.8, 4) is 0 Å². The van der Waals surface area contributed by atoms with E-state index in [1.807, 2.05) is 20.8 Å². The molecule has 1 nitrogen and oxygen atoms in total. The summed E-state index contributed by atoms with van der Waals surface area (Å²) in [4.78, 5) is 11.7. The average Bonchev–Trinajstić information content (AvgIpc) is 2.03. The summed E-state index contributed by atoms with van der Waals surface area (Å²) in [5.74, 6) is 0.759. The lowest BCUT2D eigenvalue weighted by molar-refractivity contribution is -0.117. The van der Waals surface area contributed by atoms with E-state index in [4.69, 9.17) is 0 Å². The Labute approximate surface area is 80.5 Å². The summed E-state index contributed by atoms with van der Waals surface area (Å²) in [6, 6.07) is 0. The third kappa shape index (κ3) is 2.30. The van der Waals surface area contributed by atoms with E-state index in [0.717, 1.165) is 24.0 Å². The van der Waals surface area contributed by atoms with Crippen LogP contribution in [0.4, 0.5) is 0 Å². The van der Waals surface area contributed by atoms with Crippen LogP contribution in [0, 0.1) is 5.92 Å². The zero-order chi connectivity index (χ0) is 10.0. The lowest BCUT2D eigenvalue weighted by Crippen LogP contribution is -2.18. The standard InChI is InChI=1S/C12H18O/c1-8(2)10-5-6-11(9(3)4)12(13)7-10/h10H,1,5-7H2,2-4H3. The van der Waals surface area contributed by atoms with Crippen molar-refractivity contribution in [2.24, 2.45) is 5.92 Å². The van der Waals surface area contributed by atoms with Crippen molar-refractivity contribution in [3.05, 3.63) is 23.3 Å². The Morgan fingerprint density at radius 2 is 2.00 bits per heavy atom. The molecule has 1 saturated carbocycles. The van der Waals surface area contributed by atoms with Crippen molar-refractivity contribution in [2.45, 2.75) is 40.0 Å². The molecule has 0 bridgehead atoms. The Hall–Kier alpha value is -0.850. The van der Waals surface area contributed by atoms with Crippen LogP contribution >= 0.6 is 0 Å². The molecule has 1 aliphatic rings. The van der Waals surface area contributed by atoms with Gasteiger partial charge < -0.3 is 0 Å². The largest absolute Gasteiger partial charge is 0.295 e. The Kier molecular flexibility index (Phi) is 3.07. The predicted molar refractivity (Wildman–Crippen MR) is 55.5 cm³/mol. The van der Waals surface area contributed by atoms with Crippen LogP contribution in [0.5, 0.6) is 0 Å². The monoisotopic (exact) mass is 178 g/mol. The summed E-state index contributed by atoms with van der Waals surface area (Å²) in [5.41, 5.74) is 3.39. The number of ketones is 1. The van der Waals surface area contributed by atoms with Crippen molar-refractivity contribution in [1.82, 2.24) is 0 Å². The van der Waals surface area contributed by atoms with Crippen molar-refractivity contribution in [1.29, 1.82) is 0 Å². The molecule has 0 heterocycles. The zero-order valence-corrected chi connectivity index (χ0v) is 8.81. The normalized spacial score (nSPS) is 23.2. The van der Waals surface area contributed by atoms with Crippen molar-refractivity contribution in [3.63, 3.8) is 0 Å². The van der Waals surface area contributed by atoms with Gasteiger partial charge in [-0.2, -0.15) is 0 Å². The van der Waals surface area contributed by atoms with Gasteiger partial charge in [-0.05, 0) is 45.1 Å². The fourth-order valence-electron chi connectivity index (χ4n) is 1.86. The molecule has 1 atom stereocenters. The van der Waals surface area contributed by atoms with E-state index in [9.17, 15) is 4.79 Å². The van der Waals surface area contributed by atoms with Crippen LogP contribution in [-0.2, 0) is 4.79 Å². The molecular weight excluding hydrogens is 160 g/mol. The molecule has 1 heteroatoms. The van der Waals surface area contributed by atoms with E-state index in [1.54, 1.807) is 0 Å². The van der Waals surface area contributed by atoms with Crippen LogP contribution < -0.4 is 0 Å². The summed E-state index contributed by atoms with van der Waals surface area (Å²) >= 11 is 0. The van der Waals surface area contributed by atoms with Gasteiger partial charge in [-0.1, -0.05) is 17.7 Å². The van der Waals surface area contributed by atoms with Gasteiger partial charge in [0.2, 0.25) is 0 Å². The fourth-order valence-corrected chi connectivity index (χ4v) is 1.86. The smallest absolute Gasteiger partial charge is 0.159 e. The summed E-state index contributed by atoms with van der Waals surface area (Å²) < 4.78 is 0. The number of carbonyl (C=O) groups excluding carboxylic acids is 1. The number of Topliss-reactive ketones (excluding diaryl/α,β-unsaturated/α-hetero) is 1. The first-order valence-corrected chi connectivity index (χ1v) is 4.87. The molecule has 1 unspecified atom stereocenters. The number of rotatable bonds is 1. The van der Waals surface area contributed by atoms with Gasteiger partial charge in [0.05, 0.1) is 0 Å². The minimum Gasteiger partial charge on any atom is -0.295 e. The minimum atomic E-state index is 0.333. The van der Waals surface area contributed by atoms with Crippen molar-refractivity contribution < 1.29 is 4.79 Å². The number of allylic oxidation sites excluding steroid dienone is 3. The summed E-state index contributed by atoms with van der Waals surface area (Å²) in [7, 11) is 0. The van der Waals surface area contributed by atoms with Crippen LogP contribution in [-0.4, -0.2) is 5.78 Å². The van der Waals surface area contributed by atoms with Crippen LogP contribution in [0.25, 0.3) is 0 Å². The molecule has 1 rings (SSSR count). The van der Waals surface area contributed by atoms with E-state index in [0.29, 0.717) is 18.1 Å². The highest BCUT2D eigenvalue weighted by atomic mass is 16.1. The SMILES string of the molecule is C=C(C)C1CCC(=C(C)C)C(=O)C1. The molecule has 0 aromatic rings. The molecule has 0 amide bonds. The molecule has 0 aromatic heterocycles. The van der Waals surface area contributed by atoms with E-state index < -0.39 is 0 Å². The maximum absolute atomic E-state index is 11.7. The van der Waals surface area contributed by atoms with Gasteiger partial charge in [-0.25, -0.2) is 0 Å². The molecule has 0 spiro atoms. The van der Waals surface area contributed by atoms with Gasteiger partial charge in [0, 0.05) is 6.42 Å². The Morgan fingerprint density at radius 1 is 1.38 bits per heavy atom. The Morgan fingerprint density at radius 3 is 2.38 bits per heavy atom. The van der Waals surface area contributed by atoms with Gasteiger partial charge >= 0.3 is 0 Å². The van der Waals surface area contributed by atoms with Gasteiger partial charge in [-0.15, -0.1) is 0 Å². The second kappa shape index (κ2) is 3.91.